The SMILES string of the molecule is Cn1ncc(C#N)c1NC(=O)c1ccc(Cn2nc(C(F)F)c(Cl)c2C(F)F)o1. The smallest absolute Gasteiger partial charge is 0.292 e. The molecule has 8 nitrogen and oxygen atoms in total. The summed E-state index contributed by atoms with van der Waals surface area (Å²) >= 11 is 5.59. The van der Waals surface area contributed by atoms with Gasteiger partial charge < -0.3 is 9.73 Å². The number of amides is 1. The van der Waals surface area contributed by atoms with E-state index in [4.69, 9.17) is 21.3 Å². The Bertz CT molecular complexity index is 1100. The molecule has 0 bridgehead atoms. The molecular formula is C16H11ClF4N6O2. The van der Waals surface area contributed by atoms with E-state index in [-0.39, 0.29) is 22.9 Å². The van der Waals surface area contributed by atoms with Gasteiger partial charge in [-0.05, 0) is 12.1 Å². The molecule has 29 heavy (non-hydrogen) atoms. The highest BCUT2D eigenvalue weighted by Gasteiger charge is 2.28. The largest absolute Gasteiger partial charge is 0.454 e. The molecule has 0 spiro atoms. The Balaban J connectivity index is 1.82. The summed E-state index contributed by atoms with van der Waals surface area (Å²) in [6.07, 6.45) is -5.02. The van der Waals surface area contributed by atoms with Crippen molar-refractivity contribution >= 4 is 23.3 Å². The molecule has 0 aliphatic carbocycles. The monoisotopic (exact) mass is 430 g/mol. The standard InChI is InChI=1S/C16H11ClF4N6O2/c1-26-15(7(4-22)5-23-26)24-16(28)9-3-2-8(29-9)6-27-12(14(20)21)10(17)11(25-27)13(18)19/h2-3,5,13-14H,6H2,1H3,(H,24,28). The number of carbonyl (C=O) groups excluding carboxylic acids is 1. The van der Waals surface area contributed by atoms with Crippen LogP contribution in [0.15, 0.2) is 22.7 Å². The van der Waals surface area contributed by atoms with Crippen molar-refractivity contribution in [2.24, 2.45) is 7.05 Å². The van der Waals surface area contributed by atoms with Crippen molar-refractivity contribution in [2.45, 2.75) is 19.4 Å². The first-order chi connectivity index (χ1) is 13.7. The lowest BCUT2D eigenvalue weighted by molar-refractivity contribution is 0.0993. The number of anilines is 1. The molecule has 0 fully saturated rings. The zero-order valence-electron chi connectivity index (χ0n) is 14.5. The maximum absolute atomic E-state index is 13.2. The van der Waals surface area contributed by atoms with E-state index in [1.807, 2.05) is 6.07 Å². The molecule has 0 saturated carbocycles. The molecule has 1 N–H and O–H groups in total. The summed E-state index contributed by atoms with van der Waals surface area (Å²) in [4.78, 5) is 12.3. The molecule has 0 saturated heterocycles. The first-order valence-electron chi connectivity index (χ1n) is 7.87. The third kappa shape index (κ3) is 3.95. The number of furan rings is 1. The second kappa shape index (κ2) is 7.96. The molecule has 3 heterocycles. The number of nitriles is 1. The summed E-state index contributed by atoms with van der Waals surface area (Å²) in [6.45, 7) is -0.450. The summed E-state index contributed by atoms with van der Waals surface area (Å²) in [6, 6.07) is 4.42. The van der Waals surface area contributed by atoms with Gasteiger partial charge in [-0.15, -0.1) is 0 Å². The van der Waals surface area contributed by atoms with Crippen LogP contribution in [0.5, 0.6) is 0 Å². The van der Waals surface area contributed by atoms with E-state index < -0.39 is 41.7 Å². The van der Waals surface area contributed by atoms with Crippen molar-refractivity contribution in [1.29, 1.82) is 5.26 Å². The van der Waals surface area contributed by atoms with Crippen LogP contribution < -0.4 is 5.32 Å². The fraction of sp³-hybridized carbons (Fsp3) is 0.250. The lowest BCUT2D eigenvalue weighted by Gasteiger charge is -2.06. The van der Waals surface area contributed by atoms with Gasteiger partial charge in [0.15, 0.2) is 5.76 Å². The first-order valence-corrected chi connectivity index (χ1v) is 8.25. The van der Waals surface area contributed by atoms with Gasteiger partial charge in [-0.25, -0.2) is 17.6 Å². The van der Waals surface area contributed by atoms with E-state index in [0.29, 0.717) is 4.68 Å². The molecule has 3 aromatic rings. The van der Waals surface area contributed by atoms with Crippen LogP contribution in [0.1, 0.15) is 46.1 Å². The molecule has 0 atom stereocenters. The summed E-state index contributed by atoms with van der Waals surface area (Å²) < 4.78 is 59.4. The van der Waals surface area contributed by atoms with Gasteiger partial charge in [0.2, 0.25) is 0 Å². The van der Waals surface area contributed by atoms with E-state index in [2.05, 4.69) is 15.5 Å². The van der Waals surface area contributed by atoms with Crippen LogP contribution in [0, 0.1) is 11.3 Å². The third-order valence-electron chi connectivity index (χ3n) is 3.85. The second-order valence-corrected chi connectivity index (χ2v) is 6.08. The minimum Gasteiger partial charge on any atom is -0.454 e. The van der Waals surface area contributed by atoms with Crippen LogP contribution in [-0.4, -0.2) is 25.5 Å². The van der Waals surface area contributed by atoms with Gasteiger partial charge in [-0.2, -0.15) is 15.5 Å². The van der Waals surface area contributed by atoms with E-state index in [9.17, 15) is 22.4 Å². The molecule has 0 aliphatic rings. The van der Waals surface area contributed by atoms with Gasteiger partial charge in [0.1, 0.15) is 34.6 Å². The Morgan fingerprint density at radius 3 is 2.69 bits per heavy atom. The first kappa shape index (κ1) is 20.4. The quantitative estimate of drug-likeness (QED) is 0.597. The second-order valence-electron chi connectivity index (χ2n) is 5.71. The summed E-state index contributed by atoms with van der Waals surface area (Å²) in [5.41, 5.74) is -1.72. The topological polar surface area (TPSA) is 102 Å². The number of rotatable bonds is 6. The fourth-order valence-electron chi connectivity index (χ4n) is 2.51. The lowest BCUT2D eigenvalue weighted by atomic mass is 10.3. The molecule has 3 rings (SSSR count). The van der Waals surface area contributed by atoms with E-state index >= 15 is 0 Å². The van der Waals surface area contributed by atoms with E-state index in [1.165, 1.54) is 30.1 Å². The normalized spacial score (nSPS) is 11.3. The van der Waals surface area contributed by atoms with Crippen LogP contribution in [0.3, 0.4) is 0 Å². The molecule has 0 aliphatic heterocycles. The number of hydrogen-bond acceptors (Lipinski definition) is 5. The lowest BCUT2D eigenvalue weighted by Crippen LogP contribution is -2.14. The molecule has 1 amide bonds. The van der Waals surface area contributed by atoms with Crippen molar-refractivity contribution in [3.63, 3.8) is 0 Å². The highest BCUT2D eigenvalue weighted by Crippen LogP contribution is 2.35. The molecule has 0 radical (unpaired) electrons. The van der Waals surface area contributed by atoms with Crippen molar-refractivity contribution in [2.75, 3.05) is 5.32 Å². The average molecular weight is 431 g/mol. The fourth-order valence-corrected chi connectivity index (χ4v) is 2.81. The van der Waals surface area contributed by atoms with Crippen LogP contribution in [0.2, 0.25) is 5.02 Å². The number of hydrogen-bond donors (Lipinski definition) is 1. The molecule has 3 aromatic heterocycles. The third-order valence-corrected chi connectivity index (χ3v) is 4.24. The highest BCUT2D eigenvalue weighted by molar-refractivity contribution is 6.32. The van der Waals surface area contributed by atoms with Gasteiger partial charge in [0.05, 0.1) is 17.8 Å². The molecule has 152 valence electrons. The number of nitrogens with one attached hydrogen (secondary N) is 1. The number of carbonyl (C=O) groups is 1. The predicted molar refractivity (Wildman–Crippen MR) is 90.8 cm³/mol. The van der Waals surface area contributed by atoms with E-state index in [1.54, 1.807) is 0 Å². The Morgan fingerprint density at radius 1 is 1.34 bits per heavy atom. The Morgan fingerprint density at radius 2 is 2.07 bits per heavy atom. The number of halogens is 5. The van der Waals surface area contributed by atoms with Crippen molar-refractivity contribution in [3.8, 4) is 6.07 Å². The van der Waals surface area contributed by atoms with Crippen LogP contribution in [-0.2, 0) is 13.6 Å². The number of nitrogens with zero attached hydrogens (tertiary/aromatic N) is 5. The summed E-state index contributed by atoms with van der Waals surface area (Å²) in [5.74, 6) is -0.786. The minimum absolute atomic E-state index is 0.00236. The van der Waals surface area contributed by atoms with Crippen molar-refractivity contribution < 1.29 is 26.8 Å². The Hall–Kier alpha value is -3.33. The van der Waals surface area contributed by atoms with Gasteiger partial charge in [-0.3, -0.25) is 14.2 Å². The van der Waals surface area contributed by atoms with Crippen LogP contribution in [0.4, 0.5) is 23.4 Å². The zero-order valence-corrected chi connectivity index (χ0v) is 15.3. The van der Waals surface area contributed by atoms with Gasteiger partial charge in [-0.1, -0.05) is 11.6 Å². The van der Waals surface area contributed by atoms with Crippen LogP contribution in [0.25, 0.3) is 0 Å². The van der Waals surface area contributed by atoms with Crippen molar-refractivity contribution in [3.05, 3.63) is 51.8 Å². The van der Waals surface area contributed by atoms with Gasteiger partial charge in [0, 0.05) is 7.05 Å². The Labute approximate surface area is 165 Å². The minimum atomic E-state index is -3.14. The number of aryl methyl sites for hydroxylation is 1. The maximum atomic E-state index is 13.2. The van der Waals surface area contributed by atoms with Gasteiger partial charge >= 0.3 is 0 Å². The maximum Gasteiger partial charge on any atom is 0.292 e. The number of alkyl halides is 4. The summed E-state index contributed by atoms with van der Waals surface area (Å²) in [5, 5.41) is 17.9. The highest BCUT2D eigenvalue weighted by atomic mass is 35.5. The predicted octanol–water partition coefficient (Wildman–Crippen LogP) is 3.91. The van der Waals surface area contributed by atoms with E-state index in [0.717, 1.165) is 0 Å². The Kier molecular flexibility index (Phi) is 5.60. The molecule has 0 unspecified atom stereocenters. The van der Waals surface area contributed by atoms with Gasteiger partial charge in [0.25, 0.3) is 18.8 Å². The molecule has 0 aromatic carbocycles. The summed E-state index contributed by atoms with van der Waals surface area (Å²) in [7, 11) is 1.51. The average Bonchev–Trinajstić information content (AvgIpc) is 3.34. The number of aromatic nitrogens is 4. The molecular weight excluding hydrogens is 420 g/mol. The van der Waals surface area contributed by atoms with Crippen molar-refractivity contribution in [1.82, 2.24) is 19.6 Å². The molecule has 13 heteroatoms. The van der Waals surface area contributed by atoms with Crippen LogP contribution >= 0.6 is 11.6 Å². The zero-order chi connectivity index (χ0) is 21.3.